The SMILES string of the molecule is Cc1cccc(CSCC(=O)NCCCN(C)c2ccccc2)c1. The molecule has 24 heavy (non-hydrogen) atoms. The predicted octanol–water partition coefficient (Wildman–Crippen LogP) is 3.87. The lowest BCUT2D eigenvalue weighted by atomic mass is 10.2. The monoisotopic (exact) mass is 342 g/mol. The molecule has 0 saturated carbocycles. The van der Waals surface area contributed by atoms with Gasteiger partial charge >= 0.3 is 0 Å². The third-order valence-corrected chi connectivity index (χ3v) is 4.78. The molecule has 2 aromatic carbocycles. The first kappa shape index (κ1) is 18.4. The molecule has 0 aliphatic carbocycles. The molecule has 0 radical (unpaired) electrons. The van der Waals surface area contributed by atoms with E-state index in [9.17, 15) is 4.79 Å². The average molecular weight is 343 g/mol. The Hall–Kier alpha value is -1.94. The van der Waals surface area contributed by atoms with Crippen molar-refractivity contribution < 1.29 is 4.79 Å². The Morgan fingerprint density at radius 3 is 2.67 bits per heavy atom. The lowest BCUT2D eigenvalue weighted by Crippen LogP contribution is -2.29. The molecule has 0 aliphatic heterocycles. The second kappa shape index (κ2) is 10.0. The summed E-state index contributed by atoms with van der Waals surface area (Å²) in [5, 5.41) is 3.00. The van der Waals surface area contributed by atoms with Gasteiger partial charge in [0.2, 0.25) is 5.91 Å². The summed E-state index contributed by atoms with van der Waals surface area (Å²) in [5.41, 5.74) is 3.75. The summed E-state index contributed by atoms with van der Waals surface area (Å²) in [4.78, 5) is 14.1. The van der Waals surface area contributed by atoms with Crippen LogP contribution in [0.25, 0.3) is 0 Å². The van der Waals surface area contributed by atoms with Crippen molar-refractivity contribution in [2.24, 2.45) is 0 Å². The number of nitrogens with one attached hydrogen (secondary N) is 1. The van der Waals surface area contributed by atoms with Crippen molar-refractivity contribution in [3.63, 3.8) is 0 Å². The van der Waals surface area contributed by atoms with Gasteiger partial charge in [-0.15, -0.1) is 11.8 Å². The van der Waals surface area contributed by atoms with Gasteiger partial charge in [0.15, 0.2) is 0 Å². The van der Waals surface area contributed by atoms with Crippen LogP contribution in [0.5, 0.6) is 0 Å². The van der Waals surface area contributed by atoms with Crippen LogP contribution in [-0.2, 0) is 10.5 Å². The Morgan fingerprint density at radius 1 is 1.12 bits per heavy atom. The predicted molar refractivity (Wildman–Crippen MR) is 105 cm³/mol. The number of amides is 1. The third kappa shape index (κ3) is 6.67. The van der Waals surface area contributed by atoms with Crippen LogP contribution in [0.15, 0.2) is 54.6 Å². The first-order valence-electron chi connectivity index (χ1n) is 8.31. The second-order valence-corrected chi connectivity index (χ2v) is 6.93. The highest BCUT2D eigenvalue weighted by atomic mass is 32.2. The number of para-hydroxylation sites is 1. The highest BCUT2D eigenvalue weighted by molar-refractivity contribution is 7.99. The Kier molecular flexibility index (Phi) is 7.69. The first-order valence-corrected chi connectivity index (χ1v) is 9.47. The van der Waals surface area contributed by atoms with E-state index in [2.05, 4.69) is 60.6 Å². The van der Waals surface area contributed by atoms with Crippen molar-refractivity contribution in [3.8, 4) is 0 Å². The molecule has 0 aliphatic rings. The van der Waals surface area contributed by atoms with Gasteiger partial charge in [-0.25, -0.2) is 0 Å². The fourth-order valence-corrected chi connectivity index (χ4v) is 3.27. The number of rotatable bonds is 9. The molecule has 128 valence electrons. The fourth-order valence-electron chi connectivity index (χ4n) is 2.47. The molecule has 0 saturated heterocycles. The van der Waals surface area contributed by atoms with Gasteiger partial charge in [0, 0.05) is 31.6 Å². The Labute approximate surface area is 149 Å². The van der Waals surface area contributed by atoms with Crippen molar-refractivity contribution in [2.75, 3.05) is 30.8 Å². The van der Waals surface area contributed by atoms with Gasteiger partial charge in [0.05, 0.1) is 5.75 Å². The second-order valence-electron chi connectivity index (χ2n) is 5.94. The maximum atomic E-state index is 11.9. The average Bonchev–Trinajstić information content (AvgIpc) is 2.59. The highest BCUT2D eigenvalue weighted by Gasteiger charge is 2.03. The molecular weight excluding hydrogens is 316 g/mol. The molecule has 2 aromatic rings. The van der Waals surface area contributed by atoms with Gasteiger partial charge in [-0.05, 0) is 31.0 Å². The van der Waals surface area contributed by atoms with Crippen LogP contribution in [-0.4, -0.2) is 31.8 Å². The quantitative estimate of drug-likeness (QED) is 0.702. The van der Waals surface area contributed by atoms with Crippen LogP contribution < -0.4 is 10.2 Å². The molecule has 0 unspecified atom stereocenters. The lowest BCUT2D eigenvalue weighted by molar-refractivity contribution is -0.118. The zero-order valence-corrected chi connectivity index (χ0v) is 15.3. The molecule has 0 bridgehead atoms. The fraction of sp³-hybridized carbons (Fsp3) is 0.350. The van der Waals surface area contributed by atoms with Crippen molar-refractivity contribution in [1.29, 1.82) is 0 Å². The molecule has 1 amide bonds. The maximum Gasteiger partial charge on any atom is 0.230 e. The minimum absolute atomic E-state index is 0.120. The molecule has 1 N–H and O–H groups in total. The van der Waals surface area contributed by atoms with Crippen molar-refractivity contribution in [2.45, 2.75) is 19.1 Å². The van der Waals surface area contributed by atoms with Crippen LogP contribution in [0.1, 0.15) is 17.5 Å². The topological polar surface area (TPSA) is 32.3 Å². The molecule has 0 atom stereocenters. The number of thioether (sulfide) groups is 1. The summed E-state index contributed by atoms with van der Waals surface area (Å²) >= 11 is 1.66. The molecule has 0 aromatic heterocycles. The van der Waals surface area contributed by atoms with Gasteiger partial charge in [-0.1, -0.05) is 48.0 Å². The van der Waals surface area contributed by atoms with E-state index in [-0.39, 0.29) is 5.91 Å². The van der Waals surface area contributed by atoms with E-state index >= 15 is 0 Å². The van der Waals surface area contributed by atoms with E-state index in [1.807, 2.05) is 18.2 Å². The largest absolute Gasteiger partial charge is 0.375 e. The number of carbonyl (C=O) groups is 1. The van der Waals surface area contributed by atoms with E-state index in [1.165, 1.54) is 16.8 Å². The summed E-state index contributed by atoms with van der Waals surface area (Å²) in [6, 6.07) is 18.7. The van der Waals surface area contributed by atoms with Gasteiger partial charge < -0.3 is 10.2 Å². The summed E-state index contributed by atoms with van der Waals surface area (Å²) < 4.78 is 0. The van der Waals surface area contributed by atoms with E-state index in [0.29, 0.717) is 5.75 Å². The molecule has 0 fully saturated rings. The summed E-state index contributed by atoms with van der Waals surface area (Å²) in [5.74, 6) is 1.52. The maximum absolute atomic E-state index is 11.9. The van der Waals surface area contributed by atoms with Gasteiger partial charge in [0.1, 0.15) is 0 Å². The Morgan fingerprint density at radius 2 is 1.92 bits per heavy atom. The first-order chi connectivity index (χ1) is 11.6. The zero-order chi connectivity index (χ0) is 17.2. The number of hydrogen-bond donors (Lipinski definition) is 1. The summed E-state index contributed by atoms with van der Waals surface area (Å²) in [6.45, 7) is 3.75. The zero-order valence-electron chi connectivity index (χ0n) is 14.5. The number of carbonyl (C=O) groups excluding carboxylic acids is 1. The minimum Gasteiger partial charge on any atom is -0.375 e. The van der Waals surface area contributed by atoms with Crippen molar-refractivity contribution in [1.82, 2.24) is 5.32 Å². The van der Waals surface area contributed by atoms with Crippen LogP contribution in [0.3, 0.4) is 0 Å². The lowest BCUT2D eigenvalue weighted by Gasteiger charge is -2.19. The van der Waals surface area contributed by atoms with Crippen LogP contribution in [0.2, 0.25) is 0 Å². The van der Waals surface area contributed by atoms with Crippen LogP contribution >= 0.6 is 11.8 Å². The van der Waals surface area contributed by atoms with Crippen LogP contribution in [0, 0.1) is 6.92 Å². The van der Waals surface area contributed by atoms with Gasteiger partial charge in [0.25, 0.3) is 0 Å². The van der Waals surface area contributed by atoms with E-state index in [0.717, 1.165) is 25.3 Å². The number of aryl methyl sites for hydroxylation is 1. The van der Waals surface area contributed by atoms with E-state index in [4.69, 9.17) is 0 Å². The summed E-state index contributed by atoms with van der Waals surface area (Å²) in [7, 11) is 2.08. The minimum atomic E-state index is 0.120. The number of nitrogens with zero attached hydrogens (tertiary/aromatic N) is 1. The number of hydrogen-bond acceptors (Lipinski definition) is 3. The van der Waals surface area contributed by atoms with Crippen LogP contribution in [0.4, 0.5) is 5.69 Å². The standard InChI is InChI=1S/C20H26N2OS/c1-17-8-6-9-18(14-17)15-24-16-20(23)21-12-7-13-22(2)19-10-4-3-5-11-19/h3-6,8-11,14H,7,12-13,15-16H2,1-2H3,(H,21,23). The molecule has 2 rings (SSSR count). The Balaban J connectivity index is 1.56. The summed E-state index contributed by atoms with van der Waals surface area (Å²) in [6.07, 6.45) is 0.944. The highest BCUT2D eigenvalue weighted by Crippen LogP contribution is 2.13. The normalized spacial score (nSPS) is 10.4. The van der Waals surface area contributed by atoms with Gasteiger partial charge in [-0.3, -0.25) is 4.79 Å². The van der Waals surface area contributed by atoms with E-state index in [1.54, 1.807) is 11.8 Å². The smallest absolute Gasteiger partial charge is 0.230 e. The Bertz CT molecular complexity index is 631. The molecule has 4 heteroatoms. The molecule has 0 spiro atoms. The van der Waals surface area contributed by atoms with Gasteiger partial charge in [-0.2, -0.15) is 0 Å². The van der Waals surface area contributed by atoms with E-state index < -0.39 is 0 Å². The molecule has 0 heterocycles. The number of anilines is 1. The number of benzene rings is 2. The third-order valence-electron chi connectivity index (χ3n) is 3.77. The molecule has 3 nitrogen and oxygen atoms in total. The molecular formula is C20H26N2OS. The van der Waals surface area contributed by atoms with Crippen molar-refractivity contribution >= 4 is 23.4 Å². The van der Waals surface area contributed by atoms with Crippen molar-refractivity contribution in [3.05, 3.63) is 65.7 Å².